The summed E-state index contributed by atoms with van der Waals surface area (Å²) in [7, 11) is 1.44. The van der Waals surface area contributed by atoms with Gasteiger partial charge in [0, 0.05) is 0 Å². The lowest BCUT2D eigenvalue weighted by Gasteiger charge is -2.25. The molecule has 0 aliphatic heterocycles. The van der Waals surface area contributed by atoms with Crippen molar-refractivity contribution >= 4 is 5.97 Å². The van der Waals surface area contributed by atoms with E-state index in [1.54, 1.807) is 0 Å². The Morgan fingerprint density at radius 2 is 2.00 bits per heavy atom. The number of unbranched alkanes of at least 4 members (excludes halogenated alkanes) is 4. The van der Waals surface area contributed by atoms with Crippen molar-refractivity contribution in [2.75, 3.05) is 7.11 Å². The van der Waals surface area contributed by atoms with Crippen LogP contribution in [0, 0.1) is 5.92 Å². The fraction of sp³-hybridized carbons (Fsp3) is 0.632. The Balaban J connectivity index is 1.85. The largest absolute Gasteiger partial charge is 0.465 e. The van der Waals surface area contributed by atoms with Gasteiger partial charge in [-0.25, -0.2) is 4.79 Å². The van der Waals surface area contributed by atoms with Crippen LogP contribution in [0.2, 0.25) is 0 Å². The Kier molecular flexibility index (Phi) is 6.28. The van der Waals surface area contributed by atoms with Gasteiger partial charge in [-0.3, -0.25) is 0 Å². The molecule has 1 aromatic rings. The molecule has 0 heterocycles. The van der Waals surface area contributed by atoms with Gasteiger partial charge in [-0.15, -0.1) is 0 Å². The molecule has 0 radical (unpaired) electrons. The van der Waals surface area contributed by atoms with Crippen LogP contribution in [0.5, 0.6) is 0 Å². The molecule has 0 spiro atoms. The number of aryl methyl sites for hydroxylation is 1. The molecule has 1 atom stereocenters. The molecule has 116 valence electrons. The summed E-state index contributed by atoms with van der Waals surface area (Å²) in [6, 6.07) is 6.07. The molecule has 0 N–H and O–H groups in total. The first-order valence-electron chi connectivity index (χ1n) is 8.44. The molecule has 0 amide bonds. The molecule has 0 saturated carbocycles. The molecule has 0 saturated heterocycles. The van der Waals surface area contributed by atoms with Crippen LogP contribution in [-0.4, -0.2) is 13.1 Å². The number of carbonyl (C=O) groups excluding carboxylic acids is 1. The number of hydrogen-bond donors (Lipinski definition) is 0. The minimum atomic E-state index is -0.226. The maximum Gasteiger partial charge on any atom is 0.337 e. The molecule has 0 bridgehead atoms. The molecule has 21 heavy (non-hydrogen) atoms. The summed E-state index contributed by atoms with van der Waals surface area (Å²) >= 11 is 0. The number of benzene rings is 1. The van der Waals surface area contributed by atoms with Crippen LogP contribution in [0.1, 0.15) is 73.4 Å². The van der Waals surface area contributed by atoms with Crippen molar-refractivity contribution in [2.24, 2.45) is 5.92 Å². The number of ether oxygens (including phenoxy) is 1. The SMILES string of the molecule is CCCCCCCC1CCc2cc(C(=O)OC)ccc2C1. The Bertz CT molecular complexity index is 465. The zero-order valence-corrected chi connectivity index (χ0v) is 13.5. The normalized spacial score (nSPS) is 17.3. The third kappa shape index (κ3) is 4.59. The van der Waals surface area contributed by atoms with Gasteiger partial charge in [0.2, 0.25) is 0 Å². The minimum Gasteiger partial charge on any atom is -0.465 e. The maximum absolute atomic E-state index is 11.6. The predicted molar refractivity (Wildman–Crippen MR) is 86.7 cm³/mol. The van der Waals surface area contributed by atoms with Crippen molar-refractivity contribution in [3.05, 3.63) is 34.9 Å². The van der Waals surface area contributed by atoms with Crippen LogP contribution in [0.4, 0.5) is 0 Å². The number of methoxy groups -OCH3 is 1. The summed E-state index contributed by atoms with van der Waals surface area (Å²) in [5.41, 5.74) is 3.47. The van der Waals surface area contributed by atoms with Gasteiger partial charge in [0.25, 0.3) is 0 Å². The second-order valence-corrected chi connectivity index (χ2v) is 6.29. The fourth-order valence-corrected chi connectivity index (χ4v) is 3.36. The van der Waals surface area contributed by atoms with Crippen LogP contribution in [-0.2, 0) is 17.6 Å². The van der Waals surface area contributed by atoms with Gasteiger partial charge in [-0.1, -0.05) is 51.5 Å². The van der Waals surface area contributed by atoms with Gasteiger partial charge in [-0.2, -0.15) is 0 Å². The Labute approximate surface area is 128 Å². The monoisotopic (exact) mass is 288 g/mol. The number of hydrogen-bond acceptors (Lipinski definition) is 2. The minimum absolute atomic E-state index is 0.226. The topological polar surface area (TPSA) is 26.3 Å². The van der Waals surface area contributed by atoms with Gasteiger partial charge in [-0.05, 0) is 48.4 Å². The van der Waals surface area contributed by atoms with Crippen LogP contribution in [0.25, 0.3) is 0 Å². The fourth-order valence-electron chi connectivity index (χ4n) is 3.36. The van der Waals surface area contributed by atoms with Gasteiger partial charge < -0.3 is 4.74 Å². The second kappa shape index (κ2) is 8.21. The Morgan fingerprint density at radius 3 is 2.76 bits per heavy atom. The van der Waals surface area contributed by atoms with Crippen molar-refractivity contribution in [2.45, 2.75) is 64.7 Å². The predicted octanol–water partition coefficient (Wildman–Crippen LogP) is 4.94. The highest BCUT2D eigenvalue weighted by molar-refractivity contribution is 5.89. The molecule has 2 rings (SSSR count). The van der Waals surface area contributed by atoms with Crippen LogP contribution < -0.4 is 0 Å². The zero-order chi connectivity index (χ0) is 15.1. The van der Waals surface area contributed by atoms with E-state index in [0.29, 0.717) is 5.56 Å². The lowest BCUT2D eigenvalue weighted by molar-refractivity contribution is 0.0600. The average Bonchev–Trinajstić information content (AvgIpc) is 2.53. The van der Waals surface area contributed by atoms with Crippen molar-refractivity contribution < 1.29 is 9.53 Å². The number of fused-ring (bicyclic) bond motifs is 1. The molecule has 0 aromatic heterocycles. The first-order valence-corrected chi connectivity index (χ1v) is 8.44. The number of esters is 1. The van der Waals surface area contributed by atoms with Crippen molar-refractivity contribution in [3.63, 3.8) is 0 Å². The Hall–Kier alpha value is -1.31. The lowest BCUT2D eigenvalue weighted by Crippen LogP contribution is -2.15. The van der Waals surface area contributed by atoms with Crippen LogP contribution in [0.3, 0.4) is 0 Å². The molecule has 2 nitrogen and oxygen atoms in total. The molecular formula is C19H28O2. The molecule has 0 fully saturated rings. The standard InChI is InChI=1S/C19H28O2/c1-3-4-5-6-7-8-15-9-10-17-14-18(19(20)21-2)12-11-16(17)13-15/h11-12,14-15H,3-10,13H2,1-2H3. The molecule has 1 unspecified atom stereocenters. The van der Waals surface area contributed by atoms with Gasteiger partial charge in [0.15, 0.2) is 0 Å². The molecular weight excluding hydrogens is 260 g/mol. The van der Waals surface area contributed by atoms with E-state index in [1.165, 1.54) is 69.6 Å². The summed E-state index contributed by atoms with van der Waals surface area (Å²) in [6.07, 6.45) is 11.8. The highest BCUT2D eigenvalue weighted by atomic mass is 16.5. The van der Waals surface area contributed by atoms with Gasteiger partial charge in [0.05, 0.1) is 12.7 Å². The summed E-state index contributed by atoms with van der Waals surface area (Å²) in [4.78, 5) is 11.6. The summed E-state index contributed by atoms with van der Waals surface area (Å²) in [5.74, 6) is 0.610. The number of rotatable bonds is 7. The highest BCUT2D eigenvalue weighted by Gasteiger charge is 2.19. The zero-order valence-electron chi connectivity index (χ0n) is 13.5. The van der Waals surface area contributed by atoms with Gasteiger partial charge in [0.1, 0.15) is 0 Å². The lowest BCUT2D eigenvalue weighted by atomic mass is 9.81. The molecule has 2 heteroatoms. The first kappa shape index (κ1) is 16.1. The third-order valence-electron chi connectivity index (χ3n) is 4.67. The number of carbonyl (C=O) groups is 1. The van der Waals surface area contributed by atoms with E-state index < -0.39 is 0 Å². The van der Waals surface area contributed by atoms with E-state index in [4.69, 9.17) is 4.74 Å². The smallest absolute Gasteiger partial charge is 0.337 e. The van der Waals surface area contributed by atoms with E-state index >= 15 is 0 Å². The third-order valence-corrected chi connectivity index (χ3v) is 4.67. The van der Waals surface area contributed by atoms with Crippen molar-refractivity contribution in [3.8, 4) is 0 Å². The van der Waals surface area contributed by atoms with Crippen LogP contribution in [0.15, 0.2) is 18.2 Å². The second-order valence-electron chi connectivity index (χ2n) is 6.29. The van der Waals surface area contributed by atoms with E-state index in [0.717, 1.165) is 12.3 Å². The van der Waals surface area contributed by atoms with Crippen LogP contribution >= 0.6 is 0 Å². The van der Waals surface area contributed by atoms with Crippen molar-refractivity contribution in [1.82, 2.24) is 0 Å². The van der Waals surface area contributed by atoms with E-state index in [9.17, 15) is 4.79 Å². The quantitative estimate of drug-likeness (QED) is 0.525. The average molecular weight is 288 g/mol. The summed E-state index contributed by atoms with van der Waals surface area (Å²) < 4.78 is 4.79. The molecule has 1 aromatic carbocycles. The molecule has 1 aliphatic rings. The Morgan fingerprint density at radius 1 is 1.19 bits per heavy atom. The van der Waals surface area contributed by atoms with E-state index in [2.05, 4.69) is 13.0 Å². The van der Waals surface area contributed by atoms with Crippen molar-refractivity contribution in [1.29, 1.82) is 0 Å². The maximum atomic E-state index is 11.6. The summed E-state index contributed by atoms with van der Waals surface area (Å²) in [5, 5.41) is 0. The molecule has 1 aliphatic carbocycles. The highest BCUT2D eigenvalue weighted by Crippen LogP contribution is 2.29. The van der Waals surface area contributed by atoms with E-state index in [1.807, 2.05) is 12.1 Å². The van der Waals surface area contributed by atoms with E-state index in [-0.39, 0.29) is 5.97 Å². The van der Waals surface area contributed by atoms with Gasteiger partial charge >= 0.3 is 5.97 Å². The first-order chi connectivity index (χ1) is 10.2. The summed E-state index contributed by atoms with van der Waals surface area (Å²) in [6.45, 7) is 2.26.